The third-order valence-corrected chi connectivity index (χ3v) is 7.57. The number of nitrogens with zero attached hydrogens (tertiary/aromatic N) is 3. The van der Waals surface area contributed by atoms with Gasteiger partial charge in [-0.05, 0) is 63.8 Å². The predicted octanol–water partition coefficient (Wildman–Crippen LogP) is -1.43. The number of nitrogens with two attached hydrogens (primary N) is 5. The van der Waals surface area contributed by atoms with Crippen LogP contribution in [-0.2, 0) is 19.2 Å². The normalized spacial score (nSPS) is 13.4. The lowest BCUT2D eigenvalue weighted by Gasteiger charge is -2.27. The van der Waals surface area contributed by atoms with Gasteiger partial charge in [0.2, 0.25) is 29.4 Å². The number of ketones is 1. The highest BCUT2D eigenvalue weighted by Crippen LogP contribution is 2.13. The van der Waals surface area contributed by atoms with E-state index in [9.17, 15) is 24.0 Å². The fraction of sp³-hybridized carbons (Fsp3) is 0.655. The summed E-state index contributed by atoms with van der Waals surface area (Å²) in [5.41, 5.74) is 27.2. The Hall–Kier alpha value is -4.32. The summed E-state index contributed by atoms with van der Waals surface area (Å²) in [4.78, 5) is 77.6. The molecule has 4 amide bonds. The number of carbonyl (C=O) groups excluding carboxylic acids is 5. The summed E-state index contributed by atoms with van der Waals surface area (Å²) in [7, 11) is 0. The van der Waals surface area contributed by atoms with Crippen molar-refractivity contribution in [1.82, 2.24) is 26.3 Å². The number of carbonyl (C=O) groups is 5. The Balaban J connectivity index is 3.21. The number of unbranched alkanes of at least 4 members (excludes halogenated alkanes) is 1. The highest BCUT2D eigenvalue weighted by molar-refractivity contribution is 7.11. The Bertz CT molecular complexity index is 1200. The molecule has 17 nitrogen and oxygen atoms in total. The lowest BCUT2D eigenvalue weighted by molar-refractivity contribution is -0.134. The van der Waals surface area contributed by atoms with Crippen LogP contribution in [0.15, 0.2) is 21.6 Å². The summed E-state index contributed by atoms with van der Waals surface area (Å²) in [6.07, 6.45) is 4.37. The first-order valence-corrected chi connectivity index (χ1v) is 16.6. The molecule has 0 radical (unpaired) electrons. The number of amides is 4. The van der Waals surface area contributed by atoms with E-state index in [0.29, 0.717) is 38.6 Å². The van der Waals surface area contributed by atoms with Crippen LogP contribution in [0, 0.1) is 5.92 Å². The van der Waals surface area contributed by atoms with Crippen LogP contribution in [0.5, 0.6) is 0 Å². The number of hydrogen-bond donors (Lipinski definition) is 9. The predicted molar refractivity (Wildman–Crippen MR) is 182 cm³/mol. The second-order valence-electron chi connectivity index (χ2n) is 11.4. The first kappa shape index (κ1) is 40.7. The van der Waals surface area contributed by atoms with Crippen LogP contribution in [-0.4, -0.2) is 90.1 Å². The Morgan fingerprint density at radius 2 is 1.23 bits per heavy atom. The number of guanidine groups is 2. The van der Waals surface area contributed by atoms with Gasteiger partial charge in [0.1, 0.15) is 18.1 Å². The molecule has 0 saturated carbocycles. The van der Waals surface area contributed by atoms with E-state index in [-0.39, 0.29) is 61.0 Å². The Kier molecular flexibility index (Phi) is 19.3. The SMILES string of the molecule is CC(=O)N[C@@H](CCCCN)C(=O)N[C@@H](CCCN=C(N)N)C(=O)N[C@@H](CC(C)C)C(=O)N[C@@H](CCCN=C(N)N)C(=O)c1nccs1. The fourth-order valence-corrected chi connectivity index (χ4v) is 5.20. The van der Waals surface area contributed by atoms with Crippen LogP contribution in [0.3, 0.4) is 0 Å². The molecule has 18 heteroatoms. The summed E-state index contributed by atoms with van der Waals surface area (Å²) in [6.45, 7) is 5.94. The Morgan fingerprint density at radius 3 is 1.72 bits per heavy atom. The van der Waals surface area contributed by atoms with Crippen LogP contribution in [0.1, 0.15) is 81.9 Å². The highest BCUT2D eigenvalue weighted by Gasteiger charge is 2.32. The van der Waals surface area contributed by atoms with Gasteiger partial charge in [-0.25, -0.2) is 4.98 Å². The first-order chi connectivity index (χ1) is 22.2. The molecule has 0 aromatic carbocycles. The van der Waals surface area contributed by atoms with Crippen molar-refractivity contribution in [2.24, 2.45) is 44.6 Å². The summed E-state index contributed by atoms with van der Waals surface area (Å²) >= 11 is 1.15. The summed E-state index contributed by atoms with van der Waals surface area (Å²) in [6, 6.07) is -3.97. The van der Waals surface area contributed by atoms with Gasteiger partial charge in [0, 0.05) is 31.6 Å². The van der Waals surface area contributed by atoms with Gasteiger partial charge in [-0.3, -0.25) is 34.0 Å². The second-order valence-corrected chi connectivity index (χ2v) is 12.3. The van der Waals surface area contributed by atoms with Crippen molar-refractivity contribution >= 4 is 52.7 Å². The maximum atomic E-state index is 13.7. The van der Waals surface area contributed by atoms with Crippen molar-refractivity contribution in [3.63, 3.8) is 0 Å². The lowest BCUT2D eigenvalue weighted by atomic mass is 10.00. The second kappa shape index (κ2) is 22.2. The molecule has 4 atom stereocenters. The van der Waals surface area contributed by atoms with Crippen LogP contribution in [0.4, 0.5) is 0 Å². The zero-order valence-corrected chi connectivity index (χ0v) is 28.3. The van der Waals surface area contributed by atoms with Gasteiger partial charge in [-0.15, -0.1) is 11.3 Å². The number of aliphatic imine (C=N–C) groups is 2. The molecule has 1 rings (SSSR count). The number of rotatable bonds is 23. The zero-order chi connectivity index (χ0) is 35.4. The number of nitrogens with one attached hydrogen (secondary N) is 4. The molecule has 264 valence electrons. The van der Waals surface area contributed by atoms with E-state index in [4.69, 9.17) is 28.7 Å². The number of hydrogen-bond acceptors (Lipinski definition) is 10. The molecule has 0 spiro atoms. The van der Waals surface area contributed by atoms with Gasteiger partial charge in [0.25, 0.3) is 0 Å². The van der Waals surface area contributed by atoms with E-state index in [2.05, 4.69) is 36.2 Å². The molecule has 0 aliphatic heterocycles. The smallest absolute Gasteiger partial charge is 0.243 e. The Morgan fingerprint density at radius 1 is 0.745 bits per heavy atom. The molecule has 14 N–H and O–H groups in total. The van der Waals surface area contributed by atoms with Crippen molar-refractivity contribution < 1.29 is 24.0 Å². The minimum Gasteiger partial charge on any atom is -0.370 e. The maximum absolute atomic E-state index is 13.7. The molecule has 0 saturated heterocycles. The van der Waals surface area contributed by atoms with E-state index < -0.39 is 47.8 Å². The molecule has 0 unspecified atom stereocenters. The number of thiazole rings is 1. The number of Topliss-reactive ketones (excluding diaryl/α,β-unsaturated/α-hetero) is 1. The van der Waals surface area contributed by atoms with Gasteiger partial charge in [0.05, 0.1) is 6.04 Å². The van der Waals surface area contributed by atoms with Crippen molar-refractivity contribution in [3.8, 4) is 0 Å². The van der Waals surface area contributed by atoms with Gasteiger partial charge in [0.15, 0.2) is 16.9 Å². The fourth-order valence-electron chi connectivity index (χ4n) is 4.57. The van der Waals surface area contributed by atoms with E-state index in [1.807, 2.05) is 13.8 Å². The molecule has 0 bridgehead atoms. The minimum atomic E-state index is -1.09. The molecular formula is C29H52N12O5S. The minimum absolute atomic E-state index is 0.0253. The van der Waals surface area contributed by atoms with Crippen LogP contribution < -0.4 is 49.9 Å². The van der Waals surface area contributed by atoms with Gasteiger partial charge in [-0.1, -0.05) is 13.8 Å². The van der Waals surface area contributed by atoms with E-state index in [1.165, 1.54) is 13.1 Å². The third-order valence-electron chi connectivity index (χ3n) is 6.78. The third kappa shape index (κ3) is 17.2. The van der Waals surface area contributed by atoms with Crippen LogP contribution >= 0.6 is 11.3 Å². The zero-order valence-electron chi connectivity index (χ0n) is 27.5. The van der Waals surface area contributed by atoms with Crippen molar-refractivity contribution in [2.75, 3.05) is 19.6 Å². The van der Waals surface area contributed by atoms with E-state index in [0.717, 1.165) is 11.3 Å². The number of aromatic nitrogens is 1. The molecular weight excluding hydrogens is 628 g/mol. The lowest BCUT2D eigenvalue weighted by Crippen LogP contribution is -2.58. The first-order valence-electron chi connectivity index (χ1n) is 15.7. The summed E-state index contributed by atoms with van der Waals surface area (Å²) in [5.74, 6) is -2.77. The summed E-state index contributed by atoms with van der Waals surface area (Å²) < 4.78 is 0. The summed E-state index contributed by atoms with van der Waals surface area (Å²) in [5, 5.41) is 12.8. The standard InChI is InChI=1S/C29H52N12O5S/c1-17(2)16-22(26(46)39-19(9-6-12-36-28(31)32)23(43)27-35-14-15-47-27)41-25(45)21(10-7-13-37-29(33)34)40-24(44)20(38-18(3)42)8-4-5-11-30/h14-15,17,19-22H,4-13,16,30H2,1-3H3,(H,38,42)(H,39,46)(H,40,44)(H,41,45)(H4,31,32,36)(H4,33,34,37)/t19-,20-,21-,22-/m0/s1. The Labute approximate surface area is 279 Å². The largest absolute Gasteiger partial charge is 0.370 e. The van der Waals surface area contributed by atoms with Crippen LogP contribution in [0.2, 0.25) is 0 Å². The van der Waals surface area contributed by atoms with Gasteiger partial charge in [-0.2, -0.15) is 0 Å². The monoisotopic (exact) mass is 680 g/mol. The molecule has 1 heterocycles. The highest BCUT2D eigenvalue weighted by atomic mass is 32.1. The van der Waals surface area contributed by atoms with Crippen LogP contribution in [0.25, 0.3) is 0 Å². The van der Waals surface area contributed by atoms with Crippen molar-refractivity contribution in [1.29, 1.82) is 0 Å². The molecule has 0 aliphatic carbocycles. The van der Waals surface area contributed by atoms with Crippen molar-refractivity contribution in [3.05, 3.63) is 16.6 Å². The quantitative estimate of drug-likeness (QED) is 0.0279. The molecule has 1 aromatic heterocycles. The van der Waals surface area contributed by atoms with Crippen molar-refractivity contribution in [2.45, 2.75) is 96.3 Å². The molecule has 1 aromatic rings. The van der Waals surface area contributed by atoms with Gasteiger partial charge >= 0.3 is 0 Å². The maximum Gasteiger partial charge on any atom is 0.243 e. The molecule has 47 heavy (non-hydrogen) atoms. The average Bonchev–Trinajstić information content (AvgIpc) is 3.53. The molecule has 0 fully saturated rings. The van der Waals surface area contributed by atoms with Gasteiger partial charge < -0.3 is 49.9 Å². The average molecular weight is 681 g/mol. The van der Waals surface area contributed by atoms with E-state index >= 15 is 0 Å². The van der Waals surface area contributed by atoms with E-state index in [1.54, 1.807) is 5.38 Å². The topological polar surface area (TPSA) is 301 Å². The molecule has 0 aliphatic rings.